The third-order valence-corrected chi connectivity index (χ3v) is 4.24. The van der Waals surface area contributed by atoms with Crippen molar-refractivity contribution in [1.82, 2.24) is 25.0 Å². The van der Waals surface area contributed by atoms with Gasteiger partial charge in [-0.15, -0.1) is 10.2 Å². The second kappa shape index (κ2) is 5.73. The number of phenolic OH excluding ortho intramolecular Hbond substituents is 1. The van der Waals surface area contributed by atoms with Gasteiger partial charge in [0, 0.05) is 0 Å². The van der Waals surface area contributed by atoms with Gasteiger partial charge in [-0.2, -0.15) is 0 Å². The van der Waals surface area contributed by atoms with Gasteiger partial charge in [-0.1, -0.05) is 12.1 Å². The van der Waals surface area contributed by atoms with E-state index in [4.69, 9.17) is 0 Å². The quantitative estimate of drug-likeness (QED) is 0.524. The van der Waals surface area contributed by atoms with E-state index in [-0.39, 0.29) is 28.4 Å². The van der Waals surface area contributed by atoms with Crippen LogP contribution in [-0.2, 0) is 6.54 Å². The number of hydrogen-bond acceptors (Lipinski definition) is 6. The van der Waals surface area contributed by atoms with E-state index in [2.05, 4.69) is 20.3 Å². The van der Waals surface area contributed by atoms with E-state index in [0.29, 0.717) is 11.1 Å². The maximum absolute atomic E-state index is 13.0. The summed E-state index contributed by atoms with van der Waals surface area (Å²) in [7, 11) is 0. The van der Waals surface area contributed by atoms with Crippen molar-refractivity contribution in [3.05, 3.63) is 68.2 Å². The van der Waals surface area contributed by atoms with Crippen LogP contribution in [-0.4, -0.2) is 30.1 Å². The van der Waals surface area contributed by atoms with Crippen LogP contribution in [0.3, 0.4) is 0 Å². The zero-order valence-electron chi connectivity index (χ0n) is 13.5. The van der Waals surface area contributed by atoms with Crippen LogP contribution in [0.5, 0.6) is 5.75 Å². The van der Waals surface area contributed by atoms with Crippen LogP contribution in [0.2, 0.25) is 0 Å². The van der Waals surface area contributed by atoms with E-state index < -0.39 is 22.7 Å². The molecule has 0 radical (unpaired) electrons. The Morgan fingerprint density at radius 3 is 2.62 bits per heavy atom. The lowest BCUT2D eigenvalue weighted by Crippen LogP contribution is -2.30. The van der Waals surface area contributed by atoms with E-state index >= 15 is 0 Å². The molecule has 0 amide bonds. The topological polar surface area (TPSA) is 114 Å². The number of nitrogens with one attached hydrogen (secondary N) is 1. The SMILES string of the molecule is Cc1c2nncnc2c(O)c2c(=O)n(Cc3ccc(F)cc3)[nH]c(=O)c12. The molecule has 0 aliphatic carbocycles. The van der Waals surface area contributed by atoms with E-state index in [1.54, 1.807) is 6.92 Å². The Hall–Kier alpha value is -3.62. The largest absolute Gasteiger partial charge is 0.505 e. The highest BCUT2D eigenvalue weighted by Crippen LogP contribution is 2.30. The van der Waals surface area contributed by atoms with Crippen molar-refractivity contribution in [2.24, 2.45) is 0 Å². The maximum atomic E-state index is 13.0. The first-order valence-electron chi connectivity index (χ1n) is 7.67. The Balaban J connectivity index is 2.04. The van der Waals surface area contributed by atoms with E-state index in [1.807, 2.05) is 0 Å². The van der Waals surface area contributed by atoms with E-state index in [1.165, 1.54) is 24.3 Å². The standard InChI is InChI=1S/C17H12FN5O3/c1-8-11-12(15(24)14-13(8)21-20-7-19-14)17(26)23(22-16(11)25)6-9-2-4-10(18)5-3-9/h2-5,7,24H,6H2,1H3,(H,22,25). The van der Waals surface area contributed by atoms with E-state index in [0.717, 1.165) is 11.0 Å². The molecule has 0 fully saturated rings. The van der Waals surface area contributed by atoms with Crippen molar-refractivity contribution in [1.29, 1.82) is 0 Å². The monoisotopic (exact) mass is 353 g/mol. The molecule has 130 valence electrons. The summed E-state index contributed by atoms with van der Waals surface area (Å²) in [6.45, 7) is 1.63. The molecule has 0 unspecified atom stereocenters. The molecular formula is C17H12FN5O3. The maximum Gasteiger partial charge on any atom is 0.277 e. The number of rotatable bonds is 2. The van der Waals surface area contributed by atoms with Gasteiger partial charge >= 0.3 is 0 Å². The van der Waals surface area contributed by atoms with Gasteiger partial charge in [0.05, 0.1) is 17.3 Å². The lowest BCUT2D eigenvalue weighted by Gasteiger charge is -2.11. The Morgan fingerprint density at radius 1 is 1.15 bits per heavy atom. The fraction of sp³-hybridized carbons (Fsp3) is 0.118. The first-order chi connectivity index (χ1) is 12.5. The number of hydrogen-bond donors (Lipinski definition) is 2. The summed E-state index contributed by atoms with van der Waals surface area (Å²) in [4.78, 5) is 29.4. The van der Waals surface area contributed by atoms with Gasteiger partial charge in [0.1, 0.15) is 23.2 Å². The van der Waals surface area contributed by atoms with Gasteiger partial charge in [-0.25, -0.2) is 14.1 Å². The molecule has 0 aliphatic rings. The van der Waals surface area contributed by atoms with Crippen molar-refractivity contribution in [2.75, 3.05) is 0 Å². The number of aromatic hydroxyl groups is 1. The van der Waals surface area contributed by atoms with Crippen molar-refractivity contribution in [3.8, 4) is 5.75 Å². The summed E-state index contributed by atoms with van der Waals surface area (Å²) >= 11 is 0. The average molecular weight is 353 g/mol. The molecule has 9 heteroatoms. The minimum atomic E-state index is -0.593. The summed E-state index contributed by atoms with van der Waals surface area (Å²) in [5.41, 5.74) is 0.219. The fourth-order valence-electron chi connectivity index (χ4n) is 2.98. The van der Waals surface area contributed by atoms with Gasteiger partial charge in [-0.05, 0) is 30.2 Å². The molecule has 0 saturated heterocycles. The first kappa shape index (κ1) is 15.9. The summed E-state index contributed by atoms with van der Waals surface area (Å²) in [5, 5.41) is 20.5. The van der Waals surface area contributed by atoms with Crippen molar-refractivity contribution < 1.29 is 9.50 Å². The summed E-state index contributed by atoms with van der Waals surface area (Å²) < 4.78 is 14.1. The highest BCUT2D eigenvalue weighted by Gasteiger charge is 2.20. The highest BCUT2D eigenvalue weighted by molar-refractivity contribution is 6.04. The fourth-order valence-corrected chi connectivity index (χ4v) is 2.98. The lowest BCUT2D eigenvalue weighted by molar-refractivity contribution is 0.484. The van der Waals surface area contributed by atoms with Crippen LogP contribution in [0.4, 0.5) is 4.39 Å². The second-order valence-corrected chi connectivity index (χ2v) is 5.84. The minimum Gasteiger partial charge on any atom is -0.505 e. The van der Waals surface area contributed by atoms with Crippen molar-refractivity contribution in [3.63, 3.8) is 0 Å². The van der Waals surface area contributed by atoms with Gasteiger partial charge < -0.3 is 5.11 Å². The van der Waals surface area contributed by atoms with Crippen LogP contribution < -0.4 is 11.1 Å². The number of aromatic nitrogens is 5. The number of phenols is 1. The van der Waals surface area contributed by atoms with Gasteiger partial charge in [-0.3, -0.25) is 14.7 Å². The summed E-state index contributed by atoms with van der Waals surface area (Å²) in [5.74, 6) is -0.820. The molecule has 8 nitrogen and oxygen atoms in total. The molecule has 2 aromatic heterocycles. The predicted molar refractivity (Wildman–Crippen MR) is 91.6 cm³/mol. The number of benzene rings is 2. The van der Waals surface area contributed by atoms with Gasteiger partial charge in [0.15, 0.2) is 5.75 Å². The number of nitrogens with zero attached hydrogens (tertiary/aromatic N) is 4. The Bertz CT molecular complexity index is 1280. The highest BCUT2D eigenvalue weighted by atomic mass is 19.1. The van der Waals surface area contributed by atoms with Crippen molar-refractivity contribution in [2.45, 2.75) is 13.5 Å². The Kier molecular flexibility index (Phi) is 3.50. The van der Waals surface area contributed by atoms with Crippen molar-refractivity contribution >= 4 is 21.8 Å². The zero-order chi connectivity index (χ0) is 18.4. The molecule has 0 bridgehead atoms. The van der Waals surface area contributed by atoms with E-state index in [9.17, 15) is 19.1 Å². The first-order valence-corrected chi connectivity index (χ1v) is 7.67. The number of H-pyrrole nitrogens is 1. The predicted octanol–water partition coefficient (Wildman–Crippen LogP) is 1.23. The zero-order valence-corrected chi connectivity index (χ0v) is 13.5. The summed E-state index contributed by atoms with van der Waals surface area (Å²) in [6, 6.07) is 5.54. The number of halogens is 1. The molecule has 26 heavy (non-hydrogen) atoms. The molecule has 4 rings (SSSR count). The number of aryl methyl sites for hydroxylation is 1. The van der Waals surface area contributed by atoms with Crippen LogP contribution in [0.15, 0.2) is 40.2 Å². The Labute approximate surface area is 144 Å². The third-order valence-electron chi connectivity index (χ3n) is 4.24. The molecule has 0 saturated carbocycles. The van der Waals surface area contributed by atoms with Crippen LogP contribution in [0.25, 0.3) is 21.8 Å². The molecule has 0 aliphatic heterocycles. The number of aromatic amines is 1. The molecule has 4 aromatic rings. The van der Waals surface area contributed by atoms with Gasteiger partial charge in [0.2, 0.25) is 0 Å². The normalized spacial score (nSPS) is 11.3. The Morgan fingerprint density at radius 2 is 1.88 bits per heavy atom. The third kappa shape index (κ3) is 2.32. The minimum absolute atomic E-state index is 0.0167. The van der Waals surface area contributed by atoms with Crippen LogP contribution in [0, 0.1) is 12.7 Å². The molecule has 2 aromatic carbocycles. The smallest absolute Gasteiger partial charge is 0.277 e. The molecule has 2 heterocycles. The van der Waals surface area contributed by atoms with Gasteiger partial charge in [0.25, 0.3) is 11.1 Å². The molecule has 0 spiro atoms. The molecule has 2 N–H and O–H groups in total. The summed E-state index contributed by atoms with van der Waals surface area (Å²) in [6.07, 6.45) is 1.15. The molecular weight excluding hydrogens is 341 g/mol. The number of fused-ring (bicyclic) bond motifs is 2. The van der Waals surface area contributed by atoms with Crippen LogP contribution in [0.1, 0.15) is 11.1 Å². The molecule has 0 atom stereocenters. The second-order valence-electron chi connectivity index (χ2n) is 5.84. The van der Waals surface area contributed by atoms with Crippen LogP contribution >= 0.6 is 0 Å². The average Bonchev–Trinajstić information content (AvgIpc) is 2.64. The lowest BCUT2D eigenvalue weighted by atomic mass is 10.0.